The molecule has 1 rings (SSSR count). The Kier molecular flexibility index (Phi) is 2.31. The fourth-order valence-electron chi connectivity index (χ4n) is 2.23. The molecule has 0 radical (unpaired) electrons. The van der Waals surface area contributed by atoms with Gasteiger partial charge in [-0.2, -0.15) is 0 Å². The maximum Gasteiger partial charge on any atom is -0.0320 e. The van der Waals surface area contributed by atoms with Gasteiger partial charge in [-0.1, -0.05) is 48.0 Å². The Morgan fingerprint density at radius 3 is 2.08 bits per heavy atom. The van der Waals surface area contributed by atoms with Crippen LogP contribution < -0.4 is 0 Å². The minimum Gasteiger partial charge on any atom is -0.0649 e. The van der Waals surface area contributed by atoms with Crippen LogP contribution in [0.4, 0.5) is 0 Å². The second kappa shape index (κ2) is 2.75. The summed E-state index contributed by atoms with van der Waals surface area (Å²) >= 11 is 0. The summed E-state index contributed by atoms with van der Waals surface area (Å²) in [7, 11) is 0. The molecule has 1 saturated carbocycles. The van der Waals surface area contributed by atoms with Crippen LogP contribution in [0.1, 0.15) is 54.4 Å². The van der Waals surface area contributed by atoms with Gasteiger partial charge in [-0.05, 0) is 29.1 Å². The van der Waals surface area contributed by atoms with Gasteiger partial charge in [-0.15, -0.1) is 0 Å². The van der Waals surface area contributed by atoms with E-state index in [9.17, 15) is 0 Å². The predicted molar refractivity (Wildman–Crippen MR) is 55.1 cm³/mol. The molecule has 1 aliphatic rings. The molecule has 0 amide bonds. The van der Waals surface area contributed by atoms with E-state index in [4.69, 9.17) is 0 Å². The van der Waals surface area contributed by atoms with Gasteiger partial charge < -0.3 is 0 Å². The van der Waals surface area contributed by atoms with E-state index in [-0.39, 0.29) is 0 Å². The Morgan fingerprint density at radius 2 is 1.83 bits per heavy atom. The third kappa shape index (κ3) is 1.67. The van der Waals surface area contributed by atoms with Crippen LogP contribution in [0.25, 0.3) is 0 Å². The second-order valence-electron chi connectivity index (χ2n) is 5.93. The fraction of sp³-hybridized carbons (Fsp3) is 1.00. The summed E-state index contributed by atoms with van der Waals surface area (Å²) in [5.41, 5.74) is 1.18. The summed E-state index contributed by atoms with van der Waals surface area (Å²) in [6, 6.07) is 0. The lowest BCUT2D eigenvalue weighted by atomic mass is 9.74. The summed E-state index contributed by atoms with van der Waals surface area (Å²) < 4.78 is 0. The monoisotopic (exact) mass is 168 g/mol. The summed E-state index contributed by atoms with van der Waals surface area (Å²) in [4.78, 5) is 0. The Balaban J connectivity index is 2.55. The van der Waals surface area contributed by atoms with Crippen molar-refractivity contribution in [2.24, 2.45) is 22.7 Å². The lowest BCUT2D eigenvalue weighted by molar-refractivity contribution is 0.179. The zero-order valence-corrected chi connectivity index (χ0v) is 9.57. The SMILES string of the molecule is CCC(C)(C)C(C)C1CC1(C)C. The lowest BCUT2D eigenvalue weighted by Crippen LogP contribution is -2.23. The van der Waals surface area contributed by atoms with Crippen LogP contribution in [-0.4, -0.2) is 0 Å². The highest BCUT2D eigenvalue weighted by Crippen LogP contribution is 2.59. The topological polar surface area (TPSA) is 0 Å². The molecule has 12 heavy (non-hydrogen) atoms. The summed E-state index contributed by atoms with van der Waals surface area (Å²) in [5, 5.41) is 0. The Morgan fingerprint density at radius 1 is 1.42 bits per heavy atom. The molecule has 0 aromatic heterocycles. The van der Waals surface area contributed by atoms with Gasteiger partial charge in [0, 0.05) is 0 Å². The summed E-state index contributed by atoms with van der Waals surface area (Å²) in [5.74, 6) is 1.87. The average molecular weight is 168 g/mol. The molecular weight excluding hydrogens is 144 g/mol. The molecule has 0 aromatic rings. The van der Waals surface area contributed by atoms with Crippen molar-refractivity contribution < 1.29 is 0 Å². The first kappa shape index (κ1) is 10.1. The zero-order valence-electron chi connectivity index (χ0n) is 9.57. The quantitative estimate of drug-likeness (QED) is 0.595. The molecule has 0 aromatic carbocycles. The van der Waals surface area contributed by atoms with E-state index >= 15 is 0 Å². The van der Waals surface area contributed by atoms with Crippen molar-refractivity contribution in [2.75, 3.05) is 0 Å². The van der Waals surface area contributed by atoms with Crippen molar-refractivity contribution in [3.8, 4) is 0 Å². The van der Waals surface area contributed by atoms with Gasteiger partial charge in [-0.25, -0.2) is 0 Å². The van der Waals surface area contributed by atoms with Crippen molar-refractivity contribution >= 4 is 0 Å². The van der Waals surface area contributed by atoms with Gasteiger partial charge in [0.2, 0.25) is 0 Å². The molecule has 0 heterocycles. The van der Waals surface area contributed by atoms with Crippen molar-refractivity contribution in [1.29, 1.82) is 0 Å². The van der Waals surface area contributed by atoms with Gasteiger partial charge in [0.05, 0.1) is 0 Å². The van der Waals surface area contributed by atoms with E-state index in [0.29, 0.717) is 10.8 Å². The highest BCUT2D eigenvalue weighted by molar-refractivity contribution is 5.00. The largest absolute Gasteiger partial charge is 0.0649 e. The standard InChI is InChI=1S/C12H24/c1-7-11(3,4)9(2)10-8-12(10,5)6/h9-10H,7-8H2,1-6H3. The first-order valence-corrected chi connectivity index (χ1v) is 5.31. The minimum atomic E-state index is 0.540. The van der Waals surface area contributed by atoms with Crippen LogP contribution in [0, 0.1) is 22.7 Å². The van der Waals surface area contributed by atoms with Crippen LogP contribution in [0.2, 0.25) is 0 Å². The molecule has 0 spiro atoms. The molecule has 72 valence electrons. The van der Waals surface area contributed by atoms with E-state index in [1.54, 1.807) is 0 Å². The third-order valence-electron chi connectivity index (χ3n) is 4.34. The average Bonchev–Trinajstić information content (AvgIpc) is 2.58. The first-order valence-electron chi connectivity index (χ1n) is 5.31. The van der Waals surface area contributed by atoms with Crippen LogP contribution in [0.5, 0.6) is 0 Å². The van der Waals surface area contributed by atoms with Gasteiger partial charge >= 0.3 is 0 Å². The van der Waals surface area contributed by atoms with Gasteiger partial charge in [0.15, 0.2) is 0 Å². The van der Waals surface area contributed by atoms with E-state index in [0.717, 1.165) is 11.8 Å². The van der Waals surface area contributed by atoms with Crippen LogP contribution in [0.3, 0.4) is 0 Å². The van der Waals surface area contributed by atoms with Crippen molar-refractivity contribution in [3.05, 3.63) is 0 Å². The molecule has 1 fully saturated rings. The van der Waals surface area contributed by atoms with Gasteiger partial charge in [-0.3, -0.25) is 0 Å². The fourth-order valence-corrected chi connectivity index (χ4v) is 2.23. The molecule has 2 atom stereocenters. The van der Waals surface area contributed by atoms with Gasteiger partial charge in [0.25, 0.3) is 0 Å². The smallest absolute Gasteiger partial charge is 0.0320 e. The van der Waals surface area contributed by atoms with E-state index in [2.05, 4.69) is 41.5 Å². The Labute approximate surface area is 77.7 Å². The Bertz CT molecular complexity index is 165. The number of hydrogen-bond donors (Lipinski definition) is 0. The molecule has 0 aliphatic heterocycles. The Hall–Kier alpha value is 0. The van der Waals surface area contributed by atoms with Crippen LogP contribution >= 0.6 is 0 Å². The highest BCUT2D eigenvalue weighted by atomic mass is 14.6. The molecule has 0 heteroatoms. The lowest BCUT2D eigenvalue weighted by Gasteiger charge is -2.32. The zero-order chi connectivity index (χ0) is 9.57. The maximum atomic E-state index is 2.43. The minimum absolute atomic E-state index is 0.540. The summed E-state index contributed by atoms with van der Waals surface area (Å²) in [6.07, 6.45) is 2.75. The maximum absolute atomic E-state index is 2.43. The van der Waals surface area contributed by atoms with Crippen molar-refractivity contribution in [3.63, 3.8) is 0 Å². The van der Waals surface area contributed by atoms with E-state index in [1.165, 1.54) is 12.8 Å². The molecule has 1 aliphatic carbocycles. The number of rotatable bonds is 3. The molecule has 0 saturated heterocycles. The molecular formula is C12H24. The molecule has 0 nitrogen and oxygen atoms in total. The highest BCUT2D eigenvalue weighted by Gasteiger charge is 2.51. The van der Waals surface area contributed by atoms with Crippen LogP contribution in [0.15, 0.2) is 0 Å². The normalized spacial score (nSPS) is 30.0. The summed E-state index contributed by atoms with van der Waals surface area (Å²) in [6.45, 7) is 14.4. The molecule has 2 unspecified atom stereocenters. The van der Waals surface area contributed by atoms with E-state index < -0.39 is 0 Å². The second-order valence-corrected chi connectivity index (χ2v) is 5.93. The molecule has 0 N–H and O–H groups in total. The van der Waals surface area contributed by atoms with E-state index in [1.807, 2.05) is 0 Å². The third-order valence-corrected chi connectivity index (χ3v) is 4.34. The van der Waals surface area contributed by atoms with Crippen LogP contribution in [-0.2, 0) is 0 Å². The van der Waals surface area contributed by atoms with Crippen molar-refractivity contribution in [2.45, 2.75) is 54.4 Å². The number of hydrogen-bond acceptors (Lipinski definition) is 0. The van der Waals surface area contributed by atoms with Crippen molar-refractivity contribution in [1.82, 2.24) is 0 Å². The first-order chi connectivity index (χ1) is 5.31. The van der Waals surface area contributed by atoms with Gasteiger partial charge in [0.1, 0.15) is 0 Å². The molecule has 0 bridgehead atoms. The predicted octanol–water partition coefficient (Wildman–Crippen LogP) is 4.10.